The fourth-order valence-corrected chi connectivity index (χ4v) is 2.29. The first kappa shape index (κ1) is 12.0. The number of fused-ring (bicyclic) bond motifs is 2. The molecule has 0 aliphatic carbocycles. The van der Waals surface area contributed by atoms with Crippen molar-refractivity contribution in [2.45, 2.75) is 13.8 Å². The van der Waals surface area contributed by atoms with E-state index in [0.29, 0.717) is 5.78 Å². The van der Waals surface area contributed by atoms with Crippen LogP contribution < -0.4 is 14.8 Å². The van der Waals surface area contributed by atoms with Gasteiger partial charge in [-0.05, 0) is 26.0 Å². The van der Waals surface area contributed by atoms with E-state index in [0.717, 1.165) is 34.3 Å². The SMILES string of the molecule is Cc1nc2ncnn2c(Nc2ccc3c(c2)OCO3)c1C. The lowest BCUT2D eigenvalue weighted by atomic mass is 10.2. The number of hydrogen-bond donors (Lipinski definition) is 1. The second kappa shape index (κ2) is 4.34. The number of hydrogen-bond acceptors (Lipinski definition) is 6. The van der Waals surface area contributed by atoms with E-state index in [4.69, 9.17) is 9.47 Å². The third kappa shape index (κ3) is 1.85. The van der Waals surface area contributed by atoms with Gasteiger partial charge in [0.15, 0.2) is 11.5 Å². The molecule has 7 heteroatoms. The van der Waals surface area contributed by atoms with Crippen LogP contribution in [-0.2, 0) is 0 Å². The van der Waals surface area contributed by atoms with Gasteiger partial charge < -0.3 is 14.8 Å². The molecule has 1 aromatic carbocycles. The molecule has 1 aliphatic rings. The van der Waals surface area contributed by atoms with Crippen molar-refractivity contribution in [3.63, 3.8) is 0 Å². The third-order valence-corrected chi connectivity index (χ3v) is 3.54. The van der Waals surface area contributed by atoms with Crippen LogP contribution in [0.25, 0.3) is 5.78 Å². The number of benzene rings is 1. The van der Waals surface area contributed by atoms with Crippen LogP contribution in [0.1, 0.15) is 11.3 Å². The Morgan fingerprint density at radius 1 is 1.19 bits per heavy atom. The minimum Gasteiger partial charge on any atom is -0.454 e. The fraction of sp³-hybridized carbons (Fsp3) is 0.214. The van der Waals surface area contributed by atoms with E-state index in [9.17, 15) is 0 Å². The molecule has 0 spiro atoms. The highest BCUT2D eigenvalue weighted by Crippen LogP contribution is 2.35. The second-order valence-electron chi connectivity index (χ2n) is 4.84. The lowest BCUT2D eigenvalue weighted by Crippen LogP contribution is -2.06. The van der Waals surface area contributed by atoms with Gasteiger partial charge in [0.2, 0.25) is 6.79 Å². The Morgan fingerprint density at radius 2 is 2.05 bits per heavy atom. The fourth-order valence-electron chi connectivity index (χ4n) is 2.29. The lowest BCUT2D eigenvalue weighted by molar-refractivity contribution is 0.174. The molecule has 0 fully saturated rings. The van der Waals surface area contributed by atoms with Crippen molar-refractivity contribution in [2.75, 3.05) is 12.1 Å². The Morgan fingerprint density at radius 3 is 2.95 bits per heavy atom. The molecule has 1 N–H and O–H groups in total. The Kier molecular flexibility index (Phi) is 2.47. The maximum absolute atomic E-state index is 5.39. The summed E-state index contributed by atoms with van der Waals surface area (Å²) in [5.41, 5.74) is 2.83. The third-order valence-electron chi connectivity index (χ3n) is 3.54. The summed E-state index contributed by atoms with van der Waals surface area (Å²) < 4.78 is 12.4. The van der Waals surface area contributed by atoms with Gasteiger partial charge in [-0.15, -0.1) is 0 Å². The molecule has 1 aliphatic heterocycles. The molecule has 0 saturated heterocycles. The quantitative estimate of drug-likeness (QED) is 0.777. The van der Waals surface area contributed by atoms with Crippen molar-refractivity contribution in [1.29, 1.82) is 0 Å². The van der Waals surface area contributed by atoms with Crippen LogP contribution >= 0.6 is 0 Å². The van der Waals surface area contributed by atoms with E-state index < -0.39 is 0 Å². The molecule has 0 saturated carbocycles. The zero-order valence-corrected chi connectivity index (χ0v) is 11.6. The molecule has 7 nitrogen and oxygen atoms in total. The predicted octanol–water partition coefficient (Wildman–Crippen LogP) is 2.21. The number of aromatic nitrogens is 4. The Balaban J connectivity index is 1.80. The van der Waals surface area contributed by atoms with Gasteiger partial charge in [-0.1, -0.05) is 0 Å². The van der Waals surface area contributed by atoms with Gasteiger partial charge in [0.05, 0.1) is 0 Å². The van der Waals surface area contributed by atoms with Gasteiger partial charge in [0.25, 0.3) is 5.78 Å². The summed E-state index contributed by atoms with van der Waals surface area (Å²) in [6, 6.07) is 5.72. The summed E-state index contributed by atoms with van der Waals surface area (Å²) >= 11 is 0. The van der Waals surface area contributed by atoms with Crippen LogP contribution in [0.4, 0.5) is 11.5 Å². The predicted molar refractivity (Wildman–Crippen MR) is 76.1 cm³/mol. The molecule has 106 valence electrons. The van der Waals surface area contributed by atoms with Crippen LogP contribution in [0.3, 0.4) is 0 Å². The van der Waals surface area contributed by atoms with Gasteiger partial charge in [-0.25, -0.2) is 4.98 Å². The van der Waals surface area contributed by atoms with E-state index in [1.165, 1.54) is 6.33 Å². The van der Waals surface area contributed by atoms with Gasteiger partial charge in [-0.3, -0.25) is 0 Å². The molecule has 4 rings (SSSR count). The van der Waals surface area contributed by atoms with E-state index >= 15 is 0 Å². The molecule has 2 aromatic heterocycles. The number of nitrogens with one attached hydrogen (secondary N) is 1. The summed E-state index contributed by atoms with van der Waals surface area (Å²) in [5, 5.41) is 7.57. The highest BCUT2D eigenvalue weighted by molar-refractivity contribution is 5.65. The molecule has 0 radical (unpaired) electrons. The van der Waals surface area contributed by atoms with E-state index in [1.807, 2.05) is 32.0 Å². The summed E-state index contributed by atoms with van der Waals surface area (Å²) in [6.45, 7) is 4.22. The normalized spacial score (nSPS) is 12.9. The number of anilines is 2. The highest BCUT2D eigenvalue weighted by Gasteiger charge is 2.15. The zero-order valence-electron chi connectivity index (χ0n) is 11.6. The molecular weight excluding hydrogens is 270 g/mol. The van der Waals surface area contributed by atoms with Gasteiger partial charge >= 0.3 is 0 Å². The minimum absolute atomic E-state index is 0.263. The summed E-state index contributed by atoms with van der Waals surface area (Å²) in [6.07, 6.45) is 1.49. The average molecular weight is 283 g/mol. The monoisotopic (exact) mass is 283 g/mol. The molecule has 3 heterocycles. The molecule has 0 amide bonds. The van der Waals surface area contributed by atoms with Crippen LogP contribution in [-0.4, -0.2) is 26.4 Å². The van der Waals surface area contributed by atoms with Gasteiger partial charge in [0, 0.05) is 23.0 Å². The zero-order chi connectivity index (χ0) is 14.4. The maximum atomic E-state index is 5.39. The summed E-state index contributed by atoms with van der Waals surface area (Å²) in [5.74, 6) is 2.91. The number of ether oxygens (including phenoxy) is 2. The van der Waals surface area contributed by atoms with E-state index in [1.54, 1.807) is 4.52 Å². The molecule has 3 aromatic rings. The Hall–Kier alpha value is -2.83. The second-order valence-corrected chi connectivity index (χ2v) is 4.84. The van der Waals surface area contributed by atoms with Crippen LogP contribution in [0.15, 0.2) is 24.5 Å². The van der Waals surface area contributed by atoms with Crippen LogP contribution in [0.2, 0.25) is 0 Å². The topological polar surface area (TPSA) is 73.6 Å². The van der Waals surface area contributed by atoms with Crippen LogP contribution in [0.5, 0.6) is 11.5 Å². The number of aryl methyl sites for hydroxylation is 1. The summed E-state index contributed by atoms with van der Waals surface area (Å²) in [7, 11) is 0. The Labute approximate surface area is 120 Å². The van der Waals surface area contributed by atoms with Crippen molar-refractivity contribution in [1.82, 2.24) is 19.6 Å². The first-order valence-corrected chi connectivity index (χ1v) is 6.56. The average Bonchev–Trinajstić information content (AvgIpc) is 3.11. The smallest absolute Gasteiger partial charge is 0.254 e. The molecule has 0 bridgehead atoms. The summed E-state index contributed by atoms with van der Waals surface area (Å²) in [4.78, 5) is 8.54. The van der Waals surface area contributed by atoms with Crippen molar-refractivity contribution in [2.24, 2.45) is 0 Å². The van der Waals surface area contributed by atoms with Crippen LogP contribution in [0, 0.1) is 13.8 Å². The van der Waals surface area contributed by atoms with E-state index in [-0.39, 0.29) is 6.79 Å². The largest absolute Gasteiger partial charge is 0.454 e. The van der Waals surface area contributed by atoms with Gasteiger partial charge in [-0.2, -0.15) is 14.6 Å². The molecule has 0 atom stereocenters. The molecule has 21 heavy (non-hydrogen) atoms. The first-order chi connectivity index (χ1) is 10.2. The lowest BCUT2D eigenvalue weighted by Gasteiger charge is -2.12. The number of rotatable bonds is 2. The first-order valence-electron chi connectivity index (χ1n) is 6.56. The molecule has 0 unspecified atom stereocenters. The standard InChI is InChI=1S/C14H13N5O2/c1-8-9(2)17-14-15-6-16-19(14)13(8)18-10-3-4-11-12(5-10)21-7-20-11/h3-6,18H,7H2,1-2H3. The van der Waals surface area contributed by atoms with E-state index in [2.05, 4.69) is 20.4 Å². The molecular formula is C14H13N5O2. The van der Waals surface area contributed by atoms with Crippen molar-refractivity contribution < 1.29 is 9.47 Å². The van der Waals surface area contributed by atoms with Crippen molar-refractivity contribution >= 4 is 17.3 Å². The Bertz CT molecular complexity index is 843. The van der Waals surface area contributed by atoms with Gasteiger partial charge in [0.1, 0.15) is 12.1 Å². The van der Waals surface area contributed by atoms with Crippen molar-refractivity contribution in [3.8, 4) is 11.5 Å². The highest BCUT2D eigenvalue weighted by atomic mass is 16.7. The number of nitrogens with zero attached hydrogens (tertiary/aromatic N) is 4. The maximum Gasteiger partial charge on any atom is 0.254 e. The minimum atomic E-state index is 0.263. The van der Waals surface area contributed by atoms with Crippen molar-refractivity contribution in [3.05, 3.63) is 35.8 Å².